The van der Waals surface area contributed by atoms with E-state index < -0.39 is 5.91 Å². The number of halogens is 1. The van der Waals surface area contributed by atoms with Crippen LogP contribution in [0, 0.1) is 13.8 Å². The minimum Gasteiger partial charge on any atom is -0.484 e. The zero-order valence-electron chi connectivity index (χ0n) is 12.8. The Kier molecular flexibility index (Phi) is 6.01. The number of aryl methyl sites for hydroxylation is 2. The third-order valence-corrected chi connectivity index (χ3v) is 4.51. The molecule has 0 aliphatic rings. The number of amides is 2. The van der Waals surface area contributed by atoms with Crippen LogP contribution in [0.5, 0.6) is 5.75 Å². The van der Waals surface area contributed by atoms with E-state index in [9.17, 15) is 9.59 Å². The monoisotopic (exact) mass is 352 g/mol. The fourth-order valence-electron chi connectivity index (χ4n) is 1.93. The summed E-state index contributed by atoms with van der Waals surface area (Å²) in [6.45, 7) is 3.54. The predicted molar refractivity (Wildman–Crippen MR) is 90.7 cm³/mol. The Morgan fingerprint density at radius 2 is 1.83 bits per heavy atom. The number of nitrogens with one attached hydrogen (secondary N) is 2. The van der Waals surface area contributed by atoms with Crippen LogP contribution in [0.15, 0.2) is 29.6 Å². The predicted octanol–water partition coefficient (Wildman–Crippen LogP) is 2.79. The Morgan fingerprint density at radius 1 is 1.17 bits per heavy atom. The Labute approximate surface area is 143 Å². The van der Waals surface area contributed by atoms with Crippen molar-refractivity contribution in [2.75, 3.05) is 6.61 Å². The lowest BCUT2D eigenvalue weighted by Gasteiger charge is -2.10. The molecule has 0 saturated heterocycles. The molecule has 0 atom stereocenters. The molecule has 2 amide bonds. The van der Waals surface area contributed by atoms with E-state index in [1.54, 1.807) is 12.1 Å². The number of hydrazine groups is 1. The molecule has 23 heavy (non-hydrogen) atoms. The first-order valence-corrected chi connectivity index (χ1v) is 8.21. The maximum Gasteiger partial charge on any atom is 0.276 e. The van der Waals surface area contributed by atoms with Gasteiger partial charge in [-0.15, -0.1) is 11.3 Å². The molecule has 1 aromatic carbocycles. The summed E-state index contributed by atoms with van der Waals surface area (Å²) in [5, 5.41) is 2.58. The SMILES string of the molecule is Cc1cc(OCC(=O)NNC(=O)Cc2cccs2)cc(C)c1Cl. The standard InChI is InChI=1S/C16H17ClN2O3S/c1-10-6-12(7-11(2)16(10)17)22-9-15(21)19-18-14(20)8-13-4-3-5-23-13/h3-7H,8-9H2,1-2H3,(H,18,20)(H,19,21). The third-order valence-electron chi connectivity index (χ3n) is 3.04. The number of hydrogen-bond donors (Lipinski definition) is 2. The molecule has 0 saturated carbocycles. The van der Waals surface area contributed by atoms with Crippen molar-refractivity contribution >= 4 is 34.8 Å². The molecular formula is C16H17ClN2O3S. The fraction of sp³-hybridized carbons (Fsp3) is 0.250. The highest BCUT2D eigenvalue weighted by Crippen LogP contribution is 2.25. The molecule has 0 unspecified atom stereocenters. The Hall–Kier alpha value is -2.05. The van der Waals surface area contributed by atoms with Crippen molar-refractivity contribution in [3.05, 3.63) is 50.7 Å². The highest BCUT2D eigenvalue weighted by Gasteiger charge is 2.08. The van der Waals surface area contributed by atoms with E-state index in [1.807, 2.05) is 31.4 Å². The number of hydrogen-bond acceptors (Lipinski definition) is 4. The first kappa shape index (κ1) is 17.3. The lowest BCUT2D eigenvalue weighted by atomic mass is 10.1. The van der Waals surface area contributed by atoms with Crippen molar-refractivity contribution in [1.29, 1.82) is 0 Å². The van der Waals surface area contributed by atoms with Crippen LogP contribution in [0.1, 0.15) is 16.0 Å². The molecule has 0 fully saturated rings. The summed E-state index contributed by atoms with van der Waals surface area (Å²) in [6.07, 6.45) is 0.231. The second-order valence-electron chi connectivity index (χ2n) is 5.01. The van der Waals surface area contributed by atoms with Gasteiger partial charge >= 0.3 is 0 Å². The van der Waals surface area contributed by atoms with Gasteiger partial charge in [0, 0.05) is 9.90 Å². The van der Waals surface area contributed by atoms with Gasteiger partial charge in [-0.2, -0.15) is 0 Å². The number of rotatable bonds is 5. The molecule has 1 heterocycles. The van der Waals surface area contributed by atoms with Gasteiger partial charge in [-0.3, -0.25) is 20.4 Å². The molecule has 0 aliphatic heterocycles. The molecule has 7 heteroatoms. The molecular weight excluding hydrogens is 336 g/mol. The smallest absolute Gasteiger partial charge is 0.276 e. The molecule has 1 aromatic heterocycles. The van der Waals surface area contributed by atoms with Gasteiger partial charge in [0.1, 0.15) is 5.75 Å². The van der Waals surface area contributed by atoms with Crippen molar-refractivity contribution in [3.63, 3.8) is 0 Å². The Morgan fingerprint density at radius 3 is 2.43 bits per heavy atom. The van der Waals surface area contributed by atoms with Crippen LogP contribution in [0.2, 0.25) is 5.02 Å². The van der Waals surface area contributed by atoms with Crippen molar-refractivity contribution in [1.82, 2.24) is 10.9 Å². The molecule has 0 bridgehead atoms. The van der Waals surface area contributed by atoms with Gasteiger partial charge in [0.05, 0.1) is 6.42 Å². The van der Waals surface area contributed by atoms with Gasteiger partial charge in [0.15, 0.2) is 6.61 Å². The van der Waals surface area contributed by atoms with Crippen LogP contribution in [0.25, 0.3) is 0 Å². The van der Waals surface area contributed by atoms with E-state index in [1.165, 1.54) is 11.3 Å². The molecule has 5 nitrogen and oxygen atoms in total. The number of carbonyl (C=O) groups excluding carboxylic acids is 2. The van der Waals surface area contributed by atoms with Gasteiger partial charge in [0.2, 0.25) is 5.91 Å². The van der Waals surface area contributed by atoms with Gasteiger partial charge in [0.25, 0.3) is 5.91 Å². The summed E-state index contributed by atoms with van der Waals surface area (Å²) >= 11 is 7.56. The van der Waals surface area contributed by atoms with Crippen LogP contribution in [-0.2, 0) is 16.0 Å². The van der Waals surface area contributed by atoms with Gasteiger partial charge in [-0.05, 0) is 48.6 Å². The van der Waals surface area contributed by atoms with Gasteiger partial charge < -0.3 is 4.74 Å². The minimum absolute atomic E-state index is 0.195. The summed E-state index contributed by atoms with van der Waals surface area (Å²) in [7, 11) is 0. The number of carbonyl (C=O) groups is 2. The van der Waals surface area contributed by atoms with E-state index in [0.717, 1.165) is 16.0 Å². The molecule has 0 aliphatic carbocycles. The lowest BCUT2D eigenvalue weighted by Crippen LogP contribution is -2.44. The third kappa shape index (κ3) is 5.26. The quantitative estimate of drug-likeness (QED) is 0.813. The van der Waals surface area contributed by atoms with E-state index >= 15 is 0 Å². The maximum absolute atomic E-state index is 11.7. The first-order chi connectivity index (χ1) is 11.0. The topological polar surface area (TPSA) is 67.4 Å². The summed E-state index contributed by atoms with van der Waals surface area (Å²) < 4.78 is 5.40. The minimum atomic E-state index is -0.435. The molecule has 122 valence electrons. The Balaban J connectivity index is 1.76. The Bertz CT molecular complexity index is 678. The number of benzene rings is 1. The zero-order valence-corrected chi connectivity index (χ0v) is 14.4. The molecule has 2 N–H and O–H groups in total. The van der Waals surface area contributed by atoms with Crippen LogP contribution in [0.4, 0.5) is 0 Å². The average Bonchev–Trinajstić information content (AvgIpc) is 3.01. The van der Waals surface area contributed by atoms with E-state index in [0.29, 0.717) is 10.8 Å². The van der Waals surface area contributed by atoms with Crippen LogP contribution < -0.4 is 15.6 Å². The summed E-state index contributed by atoms with van der Waals surface area (Å²) in [4.78, 5) is 24.3. The molecule has 2 rings (SSSR count). The highest BCUT2D eigenvalue weighted by atomic mass is 35.5. The van der Waals surface area contributed by atoms with E-state index in [-0.39, 0.29) is 18.9 Å². The van der Waals surface area contributed by atoms with Gasteiger partial charge in [-0.1, -0.05) is 17.7 Å². The molecule has 0 spiro atoms. The second kappa shape index (κ2) is 7.99. The second-order valence-corrected chi connectivity index (χ2v) is 6.42. The van der Waals surface area contributed by atoms with Crippen molar-refractivity contribution in [2.24, 2.45) is 0 Å². The molecule has 2 aromatic rings. The van der Waals surface area contributed by atoms with Crippen molar-refractivity contribution < 1.29 is 14.3 Å². The normalized spacial score (nSPS) is 10.2. The maximum atomic E-state index is 11.7. The van der Waals surface area contributed by atoms with Crippen LogP contribution in [0.3, 0.4) is 0 Å². The first-order valence-electron chi connectivity index (χ1n) is 6.95. The number of ether oxygens (including phenoxy) is 1. The van der Waals surface area contributed by atoms with Crippen molar-refractivity contribution in [3.8, 4) is 5.75 Å². The highest BCUT2D eigenvalue weighted by molar-refractivity contribution is 7.10. The largest absolute Gasteiger partial charge is 0.484 e. The summed E-state index contributed by atoms with van der Waals surface area (Å²) in [5.41, 5.74) is 6.44. The van der Waals surface area contributed by atoms with Crippen LogP contribution in [-0.4, -0.2) is 18.4 Å². The van der Waals surface area contributed by atoms with E-state index in [4.69, 9.17) is 16.3 Å². The summed E-state index contributed by atoms with van der Waals surface area (Å²) in [5.74, 6) is -0.154. The van der Waals surface area contributed by atoms with Crippen molar-refractivity contribution in [2.45, 2.75) is 20.3 Å². The fourth-order valence-corrected chi connectivity index (χ4v) is 2.74. The lowest BCUT2D eigenvalue weighted by molar-refractivity contribution is -0.129. The average molecular weight is 353 g/mol. The summed E-state index contributed by atoms with van der Waals surface area (Å²) in [6, 6.07) is 7.26. The molecule has 0 radical (unpaired) electrons. The zero-order chi connectivity index (χ0) is 16.8. The van der Waals surface area contributed by atoms with E-state index in [2.05, 4.69) is 10.9 Å². The van der Waals surface area contributed by atoms with Crippen LogP contribution >= 0.6 is 22.9 Å². The van der Waals surface area contributed by atoms with Gasteiger partial charge in [-0.25, -0.2) is 0 Å². The number of thiophene rings is 1.